The Morgan fingerprint density at radius 2 is 2.04 bits per heavy atom. The maximum atomic E-state index is 13.0. The quantitative estimate of drug-likeness (QED) is 0.668. The Hall–Kier alpha value is -3.36. The summed E-state index contributed by atoms with van der Waals surface area (Å²) < 4.78 is 9.45. The molecule has 28 heavy (non-hydrogen) atoms. The summed E-state index contributed by atoms with van der Waals surface area (Å²) in [5, 5.41) is 0. The summed E-state index contributed by atoms with van der Waals surface area (Å²) in [5.74, 6) is 1.07. The van der Waals surface area contributed by atoms with Crippen LogP contribution in [0.4, 0.5) is 11.6 Å². The molecule has 2 aromatic heterocycles. The predicted molar refractivity (Wildman–Crippen MR) is 105 cm³/mol. The molecule has 146 valence electrons. The first-order chi connectivity index (χ1) is 13.4. The Balaban J connectivity index is 1.97. The minimum Gasteiger partial charge on any atom is -0.497 e. The molecule has 0 amide bonds. The SMILES string of the molecule is COc1cccc(N2CCCn3c2nc2c3c(=O)n(CC(C)=O)c(=O)n2C)c1. The van der Waals surface area contributed by atoms with Crippen molar-refractivity contribution in [2.45, 2.75) is 26.4 Å². The maximum absolute atomic E-state index is 13.0. The predicted octanol–water partition coefficient (Wildman–Crippen LogP) is 1.04. The van der Waals surface area contributed by atoms with Crippen LogP contribution in [0.25, 0.3) is 11.2 Å². The van der Waals surface area contributed by atoms with E-state index in [4.69, 9.17) is 4.74 Å². The zero-order chi connectivity index (χ0) is 20.0. The number of aryl methyl sites for hydroxylation is 2. The number of ketones is 1. The van der Waals surface area contributed by atoms with Gasteiger partial charge in [0, 0.05) is 31.9 Å². The first-order valence-corrected chi connectivity index (χ1v) is 9.03. The lowest BCUT2D eigenvalue weighted by atomic mass is 10.2. The van der Waals surface area contributed by atoms with Gasteiger partial charge in [-0.25, -0.2) is 4.79 Å². The zero-order valence-electron chi connectivity index (χ0n) is 16.0. The molecule has 4 rings (SSSR count). The minimum atomic E-state index is -0.545. The molecule has 0 spiro atoms. The molecule has 0 unspecified atom stereocenters. The van der Waals surface area contributed by atoms with E-state index in [1.165, 1.54) is 11.5 Å². The van der Waals surface area contributed by atoms with Crippen molar-refractivity contribution in [3.8, 4) is 5.75 Å². The molecule has 0 saturated carbocycles. The number of imidazole rings is 1. The highest BCUT2D eigenvalue weighted by Crippen LogP contribution is 2.32. The van der Waals surface area contributed by atoms with Crippen LogP contribution in [-0.2, 0) is 24.9 Å². The molecular weight excluding hydrogens is 362 g/mol. The van der Waals surface area contributed by atoms with Crippen molar-refractivity contribution >= 4 is 28.6 Å². The van der Waals surface area contributed by atoms with E-state index in [2.05, 4.69) is 4.98 Å². The number of carbonyl (C=O) groups excluding carboxylic acids is 1. The molecule has 3 heterocycles. The molecular formula is C19H21N5O4. The number of anilines is 2. The fourth-order valence-electron chi connectivity index (χ4n) is 3.65. The van der Waals surface area contributed by atoms with Crippen LogP contribution in [0.3, 0.4) is 0 Å². The molecule has 1 aromatic carbocycles. The van der Waals surface area contributed by atoms with Crippen LogP contribution in [0.15, 0.2) is 33.9 Å². The van der Waals surface area contributed by atoms with Crippen LogP contribution in [0.2, 0.25) is 0 Å². The summed E-state index contributed by atoms with van der Waals surface area (Å²) in [6, 6.07) is 7.61. The Kier molecular flexibility index (Phi) is 4.29. The fraction of sp³-hybridized carbons (Fsp3) is 0.368. The molecule has 0 atom stereocenters. The molecule has 9 nitrogen and oxygen atoms in total. The average molecular weight is 383 g/mol. The van der Waals surface area contributed by atoms with Crippen molar-refractivity contribution in [1.29, 1.82) is 0 Å². The van der Waals surface area contributed by atoms with Gasteiger partial charge in [-0.1, -0.05) is 6.07 Å². The van der Waals surface area contributed by atoms with E-state index >= 15 is 0 Å². The summed E-state index contributed by atoms with van der Waals surface area (Å²) in [7, 11) is 3.17. The molecule has 9 heteroatoms. The van der Waals surface area contributed by atoms with Crippen LogP contribution in [-0.4, -0.2) is 38.1 Å². The second-order valence-electron chi connectivity index (χ2n) is 6.88. The van der Waals surface area contributed by atoms with Crippen molar-refractivity contribution in [3.05, 3.63) is 45.1 Å². The van der Waals surface area contributed by atoms with Crippen LogP contribution < -0.4 is 20.9 Å². The van der Waals surface area contributed by atoms with Gasteiger partial charge >= 0.3 is 5.69 Å². The Labute approximate surface area is 160 Å². The van der Waals surface area contributed by atoms with Crippen LogP contribution >= 0.6 is 0 Å². The number of methoxy groups -OCH3 is 1. The van der Waals surface area contributed by atoms with Crippen molar-refractivity contribution in [2.24, 2.45) is 7.05 Å². The van der Waals surface area contributed by atoms with Gasteiger partial charge in [-0.3, -0.25) is 18.7 Å². The van der Waals surface area contributed by atoms with Gasteiger partial charge < -0.3 is 14.2 Å². The highest BCUT2D eigenvalue weighted by molar-refractivity contribution is 5.78. The topological polar surface area (TPSA) is 91.4 Å². The molecule has 0 aliphatic carbocycles. The first kappa shape index (κ1) is 18.0. The molecule has 0 radical (unpaired) electrons. The molecule has 1 aliphatic rings. The van der Waals surface area contributed by atoms with Crippen LogP contribution in [0.1, 0.15) is 13.3 Å². The number of rotatable bonds is 4. The normalized spacial score (nSPS) is 13.6. The Morgan fingerprint density at radius 1 is 1.25 bits per heavy atom. The first-order valence-electron chi connectivity index (χ1n) is 9.03. The van der Waals surface area contributed by atoms with Crippen molar-refractivity contribution < 1.29 is 9.53 Å². The highest BCUT2D eigenvalue weighted by Gasteiger charge is 2.27. The lowest BCUT2D eigenvalue weighted by Gasteiger charge is -2.29. The summed E-state index contributed by atoms with van der Waals surface area (Å²) >= 11 is 0. The minimum absolute atomic E-state index is 0.248. The number of carbonyl (C=O) groups is 1. The van der Waals surface area contributed by atoms with Gasteiger partial charge in [0.15, 0.2) is 11.2 Å². The molecule has 3 aromatic rings. The number of aromatic nitrogens is 4. The van der Waals surface area contributed by atoms with Gasteiger partial charge in [-0.05, 0) is 25.5 Å². The summed E-state index contributed by atoms with van der Waals surface area (Å²) in [6.07, 6.45) is 0.810. The van der Waals surface area contributed by atoms with Gasteiger partial charge in [0.05, 0.1) is 13.7 Å². The van der Waals surface area contributed by atoms with Gasteiger partial charge in [-0.2, -0.15) is 4.98 Å². The third-order valence-electron chi connectivity index (χ3n) is 4.96. The van der Waals surface area contributed by atoms with E-state index in [0.717, 1.165) is 29.0 Å². The van der Waals surface area contributed by atoms with Crippen LogP contribution in [0.5, 0.6) is 5.75 Å². The van der Waals surface area contributed by atoms with E-state index < -0.39 is 11.2 Å². The van der Waals surface area contributed by atoms with Crippen molar-refractivity contribution in [1.82, 2.24) is 18.7 Å². The van der Waals surface area contributed by atoms with Crippen molar-refractivity contribution in [2.75, 3.05) is 18.6 Å². The van der Waals surface area contributed by atoms with Gasteiger partial charge in [0.25, 0.3) is 5.56 Å². The highest BCUT2D eigenvalue weighted by atomic mass is 16.5. The summed E-state index contributed by atoms with van der Waals surface area (Å²) in [4.78, 5) is 43.8. The smallest absolute Gasteiger partial charge is 0.332 e. The monoisotopic (exact) mass is 383 g/mol. The number of hydrogen-bond donors (Lipinski definition) is 0. The second kappa shape index (κ2) is 6.66. The summed E-state index contributed by atoms with van der Waals surface area (Å²) in [6.45, 7) is 2.44. The lowest BCUT2D eigenvalue weighted by Crippen LogP contribution is -2.41. The molecule has 0 fully saturated rings. The number of hydrogen-bond acceptors (Lipinski definition) is 6. The van der Waals surface area contributed by atoms with E-state index in [1.807, 2.05) is 33.7 Å². The van der Waals surface area contributed by atoms with E-state index in [1.54, 1.807) is 14.2 Å². The van der Waals surface area contributed by atoms with E-state index in [-0.39, 0.29) is 12.3 Å². The molecule has 1 aliphatic heterocycles. The fourth-order valence-corrected chi connectivity index (χ4v) is 3.65. The second-order valence-corrected chi connectivity index (χ2v) is 6.88. The number of fused-ring (bicyclic) bond motifs is 3. The number of ether oxygens (including phenoxy) is 1. The number of Topliss-reactive ketones (excluding diaryl/α,β-unsaturated/α-hetero) is 1. The maximum Gasteiger partial charge on any atom is 0.332 e. The van der Waals surface area contributed by atoms with E-state index in [9.17, 15) is 14.4 Å². The standard InChI is InChI=1S/C19H21N5O4/c1-12(25)11-24-17(26)15-16(21(2)19(24)27)20-18-22(8-5-9-23(15)18)13-6-4-7-14(10-13)28-3/h4,6-7,10H,5,8-9,11H2,1-3H3. The Bertz CT molecular complexity index is 1200. The molecule has 0 N–H and O–H groups in total. The average Bonchev–Trinajstić information content (AvgIpc) is 3.09. The number of benzene rings is 1. The zero-order valence-corrected chi connectivity index (χ0v) is 16.0. The molecule has 0 bridgehead atoms. The third kappa shape index (κ3) is 2.70. The Morgan fingerprint density at radius 3 is 2.75 bits per heavy atom. The van der Waals surface area contributed by atoms with Gasteiger partial charge in [0.2, 0.25) is 5.95 Å². The largest absolute Gasteiger partial charge is 0.497 e. The third-order valence-corrected chi connectivity index (χ3v) is 4.96. The van der Waals surface area contributed by atoms with Gasteiger partial charge in [-0.15, -0.1) is 0 Å². The number of nitrogens with zero attached hydrogens (tertiary/aromatic N) is 5. The van der Waals surface area contributed by atoms with E-state index in [0.29, 0.717) is 23.7 Å². The summed E-state index contributed by atoms with van der Waals surface area (Å²) in [5.41, 5.74) is 0.519. The molecule has 0 saturated heterocycles. The van der Waals surface area contributed by atoms with Crippen molar-refractivity contribution in [3.63, 3.8) is 0 Å². The van der Waals surface area contributed by atoms with Gasteiger partial charge in [0.1, 0.15) is 11.5 Å². The van der Waals surface area contributed by atoms with Crippen LogP contribution in [0, 0.1) is 0 Å². The lowest BCUT2D eigenvalue weighted by molar-refractivity contribution is -0.117.